The normalized spacial score (nSPS) is 11.5. The number of ether oxygens (including phenoxy) is 1. The lowest BCUT2D eigenvalue weighted by atomic mass is 9.98. The molecule has 0 aromatic heterocycles. The maximum Gasteiger partial charge on any atom is 0.0909 e. The van der Waals surface area contributed by atoms with E-state index in [1.165, 1.54) is 21.6 Å². The van der Waals surface area contributed by atoms with Crippen LogP contribution in [-0.4, -0.2) is 18.5 Å². The summed E-state index contributed by atoms with van der Waals surface area (Å²) in [5.74, 6) is 0. The molecule has 0 aliphatic heterocycles. The summed E-state index contributed by atoms with van der Waals surface area (Å²) in [4.78, 5) is 1.29. The topological polar surface area (TPSA) is 9.23 Å². The Bertz CT molecular complexity index is 603. The van der Waals surface area contributed by atoms with Gasteiger partial charge in [-0.3, -0.25) is 0 Å². The fourth-order valence-electron chi connectivity index (χ4n) is 2.08. The van der Waals surface area contributed by atoms with Crippen molar-refractivity contribution in [1.82, 2.24) is 0 Å². The van der Waals surface area contributed by atoms with Crippen LogP contribution in [0.2, 0.25) is 0 Å². The average molecular weight is 316 g/mol. The highest BCUT2D eigenvalue weighted by molar-refractivity contribution is 8.15. The molecule has 0 saturated heterocycles. The van der Waals surface area contributed by atoms with Crippen LogP contribution in [0, 0.1) is 6.92 Å². The zero-order valence-corrected chi connectivity index (χ0v) is 14.3. The van der Waals surface area contributed by atoms with Crippen molar-refractivity contribution < 1.29 is 4.74 Å². The molecular formula is C18H20OS2. The van der Waals surface area contributed by atoms with Crippen LogP contribution >= 0.6 is 23.5 Å². The van der Waals surface area contributed by atoms with E-state index < -0.39 is 0 Å². The highest BCUT2D eigenvalue weighted by atomic mass is 32.2. The van der Waals surface area contributed by atoms with Gasteiger partial charge in [0.05, 0.1) is 13.4 Å². The first-order valence-corrected chi connectivity index (χ1v) is 9.15. The summed E-state index contributed by atoms with van der Waals surface area (Å²) in [7, 11) is 1.70. The lowest BCUT2D eigenvalue weighted by Gasteiger charge is -2.13. The highest BCUT2D eigenvalue weighted by Crippen LogP contribution is 2.33. The van der Waals surface area contributed by atoms with Crippen molar-refractivity contribution >= 4 is 29.1 Å². The molecule has 0 fully saturated rings. The predicted molar refractivity (Wildman–Crippen MR) is 95.9 cm³/mol. The summed E-state index contributed by atoms with van der Waals surface area (Å²) in [6.45, 7) is 2.10. The van der Waals surface area contributed by atoms with E-state index in [0.29, 0.717) is 0 Å². The minimum Gasteiger partial charge on any atom is -0.504 e. The smallest absolute Gasteiger partial charge is 0.0909 e. The molecule has 1 nitrogen and oxygen atoms in total. The molecule has 0 aliphatic rings. The molecule has 21 heavy (non-hydrogen) atoms. The van der Waals surface area contributed by atoms with Crippen LogP contribution in [0.3, 0.4) is 0 Å². The van der Waals surface area contributed by atoms with Gasteiger partial charge in [-0.25, -0.2) is 0 Å². The highest BCUT2D eigenvalue weighted by Gasteiger charge is 2.10. The molecule has 2 aromatic rings. The van der Waals surface area contributed by atoms with Crippen LogP contribution in [0.25, 0.3) is 5.57 Å². The van der Waals surface area contributed by atoms with E-state index >= 15 is 0 Å². The molecule has 0 atom stereocenters. The van der Waals surface area contributed by atoms with Crippen LogP contribution in [0.4, 0.5) is 0 Å². The monoisotopic (exact) mass is 316 g/mol. The Labute approximate surface area is 135 Å². The lowest BCUT2D eigenvalue weighted by molar-refractivity contribution is 0.340. The van der Waals surface area contributed by atoms with Gasteiger partial charge in [-0.15, -0.1) is 11.8 Å². The molecule has 0 spiro atoms. The van der Waals surface area contributed by atoms with E-state index in [1.807, 2.05) is 29.8 Å². The molecule has 0 aliphatic carbocycles. The van der Waals surface area contributed by atoms with E-state index in [-0.39, 0.29) is 0 Å². The van der Waals surface area contributed by atoms with Crippen LogP contribution in [-0.2, 0) is 4.74 Å². The van der Waals surface area contributed by atoms with Crippen LogP contribution in [0.1, 0.15) is 16.7 Å². The molecule has 0 radical (unpaired) electrons. The van der Waals surface area contributed by atoms with Gasteiger partial charge in [0, 0.05) is 15.6 Å². The number of benzene rings is 2. The zero-order chi connectivity index (χ0) is 15.1. The molecule has 2 rings (SSSR count). The molecule has 0 N–H and O–H groups in total. The maximum absolute atomic E-state index is 5.33. The number of rotatable bonds is 6. The Balaban J connectivity index is 2.43. The molecule has 2 aromatic carbocycles. The summed E-state index contributed by atoms with van der Waals surface area (Å²) in [6, 6.07) is 17.1. The third-order valence-corrected chi connectivity index (χ3v) is 5.19. The van der Waals surface area contributed by atoms with Crippen LogP contribution in [0.15, 0.2) is 59.7 Å². The van der Waals surface area contributed by atoms with Crippen molar-refractivity contribution in [3.63, 3.8) is 0 Å². The van der Waals surface area contributed by atoms with Crippen LogP contribution < -0.4 is 0 Å². The van der Waals surface area contributed by atoms with Gasteiger partial charge in [0.1, 0.15) is 0 Å². The molecule has 0 amide bonds. The summed E-state index contributed by atoms with van der Waals surface area (Å²) in [6.07, 6.45) is 3.96. The Morgan fingerprint density at radius 3 is 2.48 bits per heavy atom. The Morgan fingerprint density at radius 1 is 1.10 bits per heavy atom. The van der Waals surface area contributed by atoms with Crippen molar-refractivity contribution in [1.29, 1.82) is 0 Å². The van der Waals surface area contributed by atoms with E-state index in [2.05, 4.69) is 61.7 Å². The predicted octanol–water partition coefficient (Wildman–Crippen LogP) is 5.44. The number of hydrogen-bond acceptors (Lipinski definition) is 3. The maximum atomic E-state index is 5.33. The molecular weight excluding hydrogens is 296 g/mol. The Morgan fingerprint density at radius 2 is 1.81 bits per heavy atom. The summed E-state index contributed by atoms with van der Waals surface area (Å²) < 4.78 is 5.33. The lowest BCUT2D eigenvalue weighted by Crippen LogP contribution is -1.92. The van der Waals surface area contributed by atoms with Crippen molar-refractivity contribution in [2.75, 3.05) is 18.5 Å². The number of thioether (sulfide) groups is 2. The van der Waals surface area contributed by atoms with Gasteiger partial charge in [0.25, 0.3) is 0 Å². The van der Waals surface area contributed by atoms with Crippen LogP contribution in [0.5, 0.6) is 0 Å². The van der Waals surface area contributed by atoms with Gasteiger partial charge in [-0.2, -0.15) is 11.8 Å². The SMILES string of the molecule is CO/C=C(/c1ccc(C)cc1)c1ccccc1SCSC. The molecule has 0 heterocycles. The minimum absolute atomic E-state index is 1.05. The number of methoxy groups -OCH3 is 1. The second-order valence-electron chi connectivity index (χ2n) is 4.68. The van der Waals surface area contributed by atoms with Crippen molar-refractivity contribution in [2.24, 2.45) is 0 Å². The second kappa shape index (κ2) is 8.20. The minimum atomic E-state index is 1.05. The average Bonchev–Trinajstić information content (AvgIpc) is 2.52. The zero-order valence-electron chi connectivity index (χ0n) is 12.6. The molecule has 0 saturated carbocycles. The van der Waals surface area contributed by atoms with E-state index in [4.69, 9.17) is 4.74 Å². The fourth-order valence-corrected chi connectivity index (χ4v) is 3.56. The molecule has 3 heteroatoms. The summed E-state index contributed by atoms with van der Waals surface area (Å²) >= 11 is 3.71. The first-order chi connectivity index (χ1) is 10.3. The fraction of sp³-hybridized carbons (Fsp3) is 0.222. The first kappa shape index (κ1) is 16.1. The van der Waals surface area contributed by atoms with Crippen molar-refractivity contribution in [3.8, 4) is 0 Å². The molecule has 0 unspecified atom stereocenters. The van der Waals surface area contributed by atoms with Gasteiger partial charge in [0.15, 0.2) is 0 Å². The molecule has 110 valence electrons. The Kier molecular flexibility index (Phi) is 6.27. The van der Waals surface area contributed by atoms with Gasteiger partial charge in [0.2, 0.25) is 0 Å². The van der Waals surface area contributed by atoms with Gasteiger partial charge < -0.3 is 4.74 Å². The quantitative estimate of drug-likeness (QED) is 0.399. The molecule has 0 bridgehead atoms. The third-order valence-electron chi connectivity index (χ3n) is 3.11. The van der Waals surface area contributed by atoms with E-state index in [1.54, 1.807) is 7.11 Å². The number of aryl methyl sites for hydroxylation is 1. The van der Waals surface area contributed by atoms with Gasteiger partial charge >= 0.3 is 0 Å². The number of hydrogen-bond donors (Lipinski definition) is 0. The standard InChI is InChI=1S/C18H20OS2/c1-14-8-10-15(11-9-14)17(12-19-2)16-6-4-5-7-18(16)21-13-20-3/h4-12H,13H2,1-3H3/b17-12-. The Hall–Kier alpha value is -1.32. The third kappa shape index (κ3) is 4.32. The van der Waals surface area contributed by atoms with E-state index in [9.17, 15) is 0 Å². The second-order valence-corrected chi connectivity index (χ2v) is 6.93. The van der Waals surface area contributed by atoms with Crippen molar-refractivity contribution in [3.05, 3.63) is 71.5 Å². The first-order valence-electron chi connectivity index (χ1n) is 6.77. The van der Waals surface area contributed by atoms with Gasteiger partial charge in [-0.1, -0.05) is 48.0 Å². The van der Waals surface area contributed by atoms with Gasteiger partial charge in [-0.05, 0) is 30.4 Å². The van der Waals surface area contributed by atoms with Crippen molar-refractivity contribution in [2.45, 2.75) is 11.8 Å². The summed E-state index contributed by atoms with van der Waals surface area (Å²) in [5.41, 5.74) is 4.80. The van der Waals surface area contributed by atoms with E-state index in [0.717, 1.165) is 10.7 Å². The largest absolute Gasteiger partial charge is 0.504 e. The summed E-state index contributed by atoms with van der Waals surface area (Å²) in [5, 5.41) is 1.05.